The van der Waals surface area contributed by atoms with Crippen molar-refractivity contribution in [2.75, 3.05) is 19.7 Å². The molecular weight excluding hydrogens is 206 g/mol. The highest BCUT2D eigenvalue weighted by Gasteiger charge is 2.42. The van der Waals surface area contributed by atoms with Crippen molar-refractivity contribution in [1.82, 2.24) is 4.90 Å². The highest BCUT2D eigenvalue weighted by atomic mass is 16.6. The van der Waals surface area contributed by atoms with Crippen molar-refractivity contribution in [3.8, 4) is 0 Å². The van der Waals surface area contributed by atoms with Gasteiger partial charge in [0.25, 0.3) is 0 Å². The molecule has 0 radical (unpaired) electrons. The monoisotopic (exact) mass is 229 g/mol. The van der Waals surface area contributed by atoms with Crippen LogP contribution in [0.15, 0.2) is 0 Å². The van der Waals surface area contributed by atoms with E-state index in [-0.39, 0.29) is 18.1 Å². The van der Waals surface area contributed by atoms with E-state index in [4.69, 9.17) is 4.74 Å². The molecule has 0 saturated carbocycles. The summed E-state index contributed by atoms with van der Waals surface area (Å²) in [5.41, 5.74) is -0.657. The highest BCUT2D eigenvalue weighted by molar-refractivity contribution is 5.68. The van der Waals surface area contributed by atoms with E-state index in [2.05, 4.69) is 6.92 Å². The third kappa shape index (κ3) is 2.88. The maximum absolute atomic E-state index is 11.8. The lowest BCUT2D eigenvalue weighted by Crippen LogP contribution is -2.37. The Morgan fingerprint density at radius 1 is 1.56 bits per heavy atom. The molecule has 1 aliphatic rings. The van der Waals surface area contributed by atoms with Crippen molar-refractivity contribution >= 4 is 6.09 Å². The molecule has 4 heteroatoms. The Hall–Kier alpha value is -0.770. The van der Waals surface area contributed by atoms with Gasteiger partial charge in [0.1, 0.15) is 5.60 Å². The van der Waals surface area contributed by atoms with Gasteiger partial charge in [-0.15, -0.1) is 0 Å². The van der Waals surface area contributed by atoms with Crippen LogP contribution in [0.5, 0.6) is 0 Å². The summed E-state index contributed by atoms with van der Waals surface area (Å²) >= 11 is 0. The minimum absolute atomic E-state index is 0.105. The standard InChI is InChI=1S/C12H23NO3/c1-9-6-13(7-12(9,5)8-14)10(15)16-11(2,3)4/h9,14H,6-8H2,1-5H3. The van der Waals surface area contributed by atoms with Gasteiger partial charge >= 0.3 is 6.09 Å². The molecule has 0 aromatic carbocycles. The van der Waals surface area contributed by atoms with Crippen LogP contribution in [0.25, 0.3) is 0 Å². The summed E-state index contributed by atoms with van der Waals surface area (Å²) in [6.45, 7) is 11.0. The average Bonchev–Trinajstić information content (AvgIpc) is 2.41. The first kappa shape index (κ1) is 13.3. The summed E-state index contributed by atoms with van der Waals surface area (Å²) in [6, 6.07) is 0. The summed E-state index contributed by atoms with van der Waals surface area (Å²) < 4.78 is 5.31. The van der Waals surface area contributed by atoms with Gasteiger partial charge in [0.15, 0.2) is 0 Å². The van der Waals surface area contributed by atoms with Gasteiger partial charge in [-0.2, -0.15) is 0 Å². The van der Waals surface area contributed by atoms with Crippen molar-refractivity contribution < 1.29 is 14.6 Å². The van der Waals surface area contributed by atoms with E-state index in [9.17, 15) is 9.90 Å². The molecule has 1 heterocycles. The lowest BCUT2D eigenvalue weighted by molar-refractivity contribution is 0.0261. The van der Waals surface area contributed by atoms with Crippen LogP contribution in [0.1, 0.15) is 34.6 Å². The minimum atomic E-state index is -0.460. The fourth-order valence-electron chi connectivity index (χ4n) is 1.88. The maximum Gasteiger partial charge on any atom is 0.410 e. The Labute approximate surface area is 97.6 Å². The summed E-state index contributed by atoms with van der Waals surface area (Å²) in [4.78, 5) is 13.5. The zero-order valence-corrected chi connectivity index (χ0v) is 10.9. The molecule has 16 heavy (non-hydrogen) atoms. The van der Waals surface area contributed by atoms with Crippen molar-refractivity contribution in [3.05, 3.63) is 0 Å². The number of likely N-dealkylation sites (tertiary alicyclic amines) is 1. The van der Waals surface area contributed by atoms with Crippen molar-refractivity contribution in [3.63, 3.8) is 0 Å². The molecule has 1 amide bonds. The predicted molar refractivity (Wildman–Crippen MR) is 62.2 cm³/mol. The van der Waals surface area contributed by atoms with Gasteiger partial charge in [-0.05, 0) is 26.7 Å². The normalized spacial score (nSPS) is 30.6. The molecule has 94 valence electrons. The van der Waals surface area contributed by atoms with Gasteiger partial charge in [0.2, 0.25) is 0 Å². The van der Waals surface area contributed by atoms with Crippen molar-refractivity contribution in [1.29, 1.82) is 0 Å². The maximum atomic E-state index is 11.8. The number of amides is 1. The van der Waals surface area contributed by atoms with Crippen molar-refractivity contribution in [2.24, 2.45) is 11.3 Å². The van der Waals surface area contributed by atoms with E-state index in [1.165, 1.54) is 0 Å². The molecule has 0 bridgehead atoms. The molecular formula is C12H23NO3. The number of ether oxygens (including phenoxy) is 1. The molecule has 1 saturated heterocycles. The van der Waals surface area contributed by atoms with Gasteiger partial charge in [0.05, 0.1) is 6.61 Å². The van der Waals surface area contributed by atoms with Crippen LogP contribution < -0.4 is 0 Å². The summed E-state index contributed by atoms with van der Waals surface area (Å²) in [7, 11) is 0. The molecule has 0 aromatic heterocycles. The zero-order chi connectivity index (χ0) is 12.6. The number of carbonyl (C=O) groups excluding carboxylic acids is 1. The first-order chi connectivity index (χ1) is 7.18. The van der Waals surface area contributed by atoms with E-state index in [1.807, 2.05) is 27.7 Å². The third-order valence-corrected chi connectivity index (χ3v) is 3.25. The SMILES string of the molecule is CC1CN(C(=O)OC(C)(C)C)CC1(C)CO. The first-order valence-electron chi connectivity index (χ1n) is 5.77. The Bertz CT molecular complexity index is 272. The van der Waals surface area contributed by atoms with E-state index in [0.29, 0.717) is 19.0 Å². The number of hydrogen-bond acceptors (Lipinski definition) is 3. The van der Waals surface area contributed by atoms with Gasteiger partial charge < -0.3 is 14.7 Å². The molecule has 1 N–H and O–H groups in total. The van der Waals surface area contributed by atoms with Gasteiger partial charge in [-0.1, -0.05) is 13.8 Å². The second kappa shape index (κ2) is 4.24. The molecule has 1 rings (SSSR count). The summed E-state index contributed by atoms with van der Waals surface area (Å²) in [6.07, 6.45) is -0.281. The second-order valence-electron chi connectivity index (χ2n) is 6.07. The smallest absolute Gasteiger partial charge is 0.410 e. The highest BCUT2D eigenvalue weighted by Crippen LogP contribution is 2.35. The van der Waals surface area contributed by atoms with Gasteiger partial charge in [0, 0.05) is 18.5 Å². The predicted octanol–water partition coefficient (Wildman–Crippen LogP) is 1.87. The number of hydrogen-bond donors (Lipinski definition) is 1. The third-order valence-electron chi connectivity index (χ3n) is 3.25. The molecule has 0 spiro atoms. The molecule has 1 fully saturated rings. The Balaban J connectivity index is 2.62. The summed E-state index contributed by atoms with van der Waals surface area (Å²) in [5.74, 6) is 0.296. The summed E-state index contributed by atoms with van der Waals surface area (Å²) in [5, 5.41) is 9.35. The molecule has 1 aliphatic heterocycles. The van der Waals surface area contributed by atoms with E-state index in [0.717, 1.165) is 0 Å². The number of rotatable bonds is 1. The molecule has 2 unspecified atom stereocenters. The lowest BCUT2D eigenvalue weighted by atomic mass is 9.82. The van der Waals surface area contributed by atoms with Crippen LogP contribution in [-0.4, -0.2) is 41.4 Å². The number of carbonyl (C=O) groups is 1. The van der Waals surface area contributed by atoms with Crippen LogP contribution in [0.2, 0.25) is 0 Å². The quantitative estimate of drug-likeness (QED) is 0.746. The molecule has 4 nitrogen and oxygen atoms in total. The van der Waals surface area contributed by atoms with Crippen LogP contribution in [0.3, 0.4) is 0 Å². The van der Waals surface area contributed by atoms with Crippen LogP contribution in [0, 0.1) is 11.3 Å². The minimum Gasteiger partial charge on any atom is -0.444 e. The number of aliphatic hydroxyl groups excluding tert-OH is 1. The van der Waals surface area contributed by atoms with E-state index >= 15 is 0 Å². The average molecular weight is 229 g/mol. The van der Waals surface area contributed by atoms with E-state index < -0.39 is 5.60 Å². The largest absolute Gasteiger partial charge is 0.444 e. The van der Waals surface area contributed by atoms with Crippen LogP contribution in [0.4, 0.5) is 4.79 Å². The Kier molecular flexibility index (Phi) is 3.53. The second-order valence-corrected chi connectivity index (χ2v) is 6.07. The first-order valence-corrected chi connectivity index (χ1v) is 5.77. The number of aliphatic hydroxyl groups is 1. The molecule has 0 aromatic rings. The molecule has 2 atom stereocenters. The fraction of sp³-hybridized carbons (Fsp3) is 0.917. The fourth-order valence-corrected chi connectivity index (χ4v) is 1.88. The Morgan fingerprint density at radius 3 is 2.50 bits per heavy atom. The van der Waals surface area contributed by atoms with Crippen LogP contribution >= 0.6 is 0 Å². The lowest BCUT2D eigenvalue weighted by Gasteiger charge is -2.26. The van der Waals surface area contributed by atoms with E-state index in [1.54, 1.807) is 4.90 Å². The molecule has 0 aliphatic carbocycles. The zero-order valence-electron chi connectivity index (χ0n) is 10.9. The van der Waals surface area contributed by atoms with Crippen LogP contribution in [-0.2, 0) is 4.74 Å². The number of nitrogens with zero attached hydrogens (tertiary/aromatic N) is 1. The van der Waals surface area contributed by atoms with Crippen molar-refractivity contribution in [2.45, 2.75) is 40.2 Å². The topological polar surface area (TPSA) is 49.8 Å². The Morgan fingerprint density at radius 2 is 2.12 bits per heavy atom. The van der Waals surface area contributed by atoms with Gasteiger partial charge in [-0.25, -0.2) is 4.79 Å². The van der Waals surface area contributed by atoms with Gasteiger partial charge in [-0.3, -0.25) is 0 Å².